The number of rotatable bonds is 12. The van der Waals surface area contributed by atoms with E-state index in [9.17, 15) is 33.7 Å². The van der Waals surface area contributed by atoms with E-state index in [1.165, 1.54) is 17.3 Å². The third kappa shape index (κ3) is 9.88. The number of Topliss-reactive ketones (excluding diaryl/α,β-unsaturated/α-hetero) is 1. The lowest BCUT2D eigenvalue weighted by atomic mass is 10.0. The number of piperazine rings is 1. The van der Waals surface area contributed by atoms with Crippen LogP contribution in [0.5, 0.6) is 0 Å². The molecule has 4 aromatic rings. The molecule has 1 aromatic carbocycles. The Morgan fingerprint density at radius 3 is 2.32 bits per heavy atom. The first-order valence-electron chi connectivity index (χ1n) is 15.4. The molecule has 16 nitrogen and oxygen atoms in total. The Labute approximate surface area is 287 Å². The molecule has 50 heavy (non-hydrogen) atoms. The molecule has 18 heteroatoms. The van der Waals surface area contributed by atoms with Crippen LogP contribution in [-0.4, -0.2) is 89.0 Å². The average Bonchev–Trinajstić information content (AvgIpc) is 3.77. The van der Waals surface area contributed by atoms with Crippen molar-refractivity contribution in [2.45, 2.75) is 53.7 Å². The van der Waals surface area contributed by atoms with E-state index in [0.29, 0.717) is 5.56 Å². The summed E-state index contributed by atoms with van der Waals surface area (Å²) in [6.07, 6.45) is 8.59. The number of ketones is 1. The summed E-state index contributed by atoms with van der Waals surface area (Å²) >= 11 is 0. The van der Waals surface area contributed by atoms with Gasteiger partial charge >= 0.3 is 0 Å². The number of unbranched alkanes of at least 4 members (excludes halogenated alkanes) is 2. The molecule has 0 spiro atoms. The zero-order chi connectivity index (χ0) is 35.7. The SMILES string of the molecule is C.CCCCC[C@H](C)C(=O)[O-].O=C(C(=O)N1CCN(C(=O)c2ccccc2)CC1)c1cn(COP(=O)([O-])O)c2c(-n3ccnn3)ncc(F)c12. The van der Waals surface area contributed by atoms with Crippen molar-refractivity contribution >= 4 is 42.3 Å². The number of hydrogen-bond donors (Lipinski definition) is 1. The maximum atomic E-state index is 15.1. The number of pyridine rings is 1. The van der Waals surface area contributed by atoms with E-state index < -0.39 is 38.0 Å². The summed E-state index contributed by atoms with van der Waals surface area (Å²) in [5.41, 5.74) is 0.00543. The van der Waals surface area contributed by atoms with Gasteiger partial charge in [-0.05, 0) is 24.5 Å². The fraction of sp³-hybridized carbons (Fsp3) is 0.406. The number of carbonyl (C=O) groups is 4. The standard InChI is InChI=1S/C23H21FN7O7P.C8H16O2.CH4/c24-17-12-25-21(31-7-6-26-27-31)19-18(17)16(13-30(19)14-38-39(35,36)37)20(32)23(34)29-10-8-28(9-11-29)22(33)15-4-2-1-3-5-15;1-3-4-5-6-7(2)8(9)10;/h1-7,12-13H,8-11,14H2,(H2,35,36,37);7H,3-6H2,1-2H3,(H,9,10);1H4/p-2/t;7-;/m.0./s1. The Morgan fingerprint density at radius 2 is 1.74 bits per heavy atom. The lowest BCUT2D eigenvalue weighted by molar-refractivity contribution is -0.311. The van der Waals surface area contributed by atoms with Gasteiger partial charge in [-0.2, -0.15) is 0 Å². The molecule has 3 aromatic heterocycles. The highest BCUT2D eigenvalue weighted by atomic mass is 31.2. The van der Waals surface area contributed by atoms with Gasteiger partial charge in [0.2, 0.25) is 0 Å². The number of benzene rings is 1. The first-order valence-corrected chi connectivity index (χ1v) is 16.9. The van der Waals surface area contributed by atoms with E-state index in [2.05, 4.69) is 26.7 Å². The minimum atomic E-state index is -5.20. The van der Waals surface area contributed by atoms with Gasteiger partial charge in [0.1, 0.15) is 6.73 Å². The van der Waals surface area contributed by atoms with Crippen molar-refractivity contribution in [2.24, 2.45) is 5.92 Å². The summed E-state index contributed by atoms with van der Waals surface area (Å²) in [6.45, 7) is 3.47. The second kappa shape index (κ2) is 17.7. The van der Waals surface area contributed by atoms with Crippen LogP contribution in [0.2, 0.25) is 0 Å². The predicted molar refractivity (Wildman–Crippen MR) is 174 cm³/mol. The number of phosphoric acid groups is 1. The zero-order valence-electron chi connectivity index (χ0n) is 26.8. The highest BCUT2D eigenvalue weighted by molar-refractivity contribution is 7.44. The molecular weight excluding hydrogens is 676 g/mol. The molecule has 0 radical (unpaired) electrons. The van der Waals surface area contributed by atoms with Crippen LogP contribution < -0.4 is 10.00 Å². The summed E-state index contributed by atoms with van der Waals surface area (Å²) in [5, 5.41) is 17.3. The maximum Gasteiger partial charge on any atom is 0.295 e. The molecule has 2 amide bonds. The average molecular weight is 716 g/mol. The van der Waals surface area contributed by atoms with Crippen molar-refractivity contribution < 1.29 is 47.6 Å². The topological polar surface area (TPSA) is 216 Å². The van der Waals surface area contributed by atoms with Crippen molar-refractivity contribution in [3.8, 4) is 5.82 Å². The van der Waals surface area contributed by atoms with E-state index in [-0.39, 0.29) is 67.7 Å². The molecule has 270 valence electrons. The Bertz CT molecular complexity index is 1820. The van der Waals surface area contributed by atoms with E-state index in [4.69, 9.17) is 4.89 Å². The highest BCUT2D eigenvalue weighted by Crippen LogP contribution is 2.34. The van der Waals surface area contributed by atoms with Crippen LogP contribution in [0.3, 0.4) is 0 Å². The zero-order valence-corrected chi connectivity index (χ0v) is 27.7. The van der Waals surface area contributed by atoms with Gasteiger partial charge < -0.3 is 34.1 Å². The molecular formula is C32H39FN7O9P-2. The van der Waals surface area contributed by atoms with Gasteiger partial charge in [0.15, 0.2) is 11.6 Å². The van der Waals surface area contributed by atoms with Gasteiger partial charge in [-0.25, -0.2) is 14.1 Å². The summed E-state index contributed by atoms with van der Waals surface area (Å²) < 4.78 is 32.9. The molecule has 5 rings (SSSR count). The number of nitrogens with zero attached hydrogens (tertiary/aromatic N) is 7. The van der Waals surface area contributed by atoms with Crippen molar-refractivity contribution in [3.05, 3.63) is 72.1 Å². The van der Waals surface area contributed by atoms with Gasteiger partial charge in [0.05, 0.1) is 35.1 Å². The Balaban J connectivity index is 0.000000537. The largest absolute Gasteiger partial charge is 0.756 e. The second-order valence-electron chi connectivity index (χ2n) is 11.2. The number of halogens is 1. The molecule has 1 aliphatic rings. The Kier molecular flexibility index (Phi) is 14.0. The second-order valence-corrected chi connectivity index (χ2v) is 12.4. The fourth-order valence-electron chi connectivity index (χ4n) is 5.13. The molecule has 2 atom stereocenters. The Morgan fingerprint density at radius 1 is 1.08 bits per heavy atom. The van der Waals surface area contributed by atoms with Crippen molar-refractivity contribution in [3.63, 3.8) is 0 Å². The van der Waals surface area contributed by atoms with E-state index in [1.54, 1.807) is 42.2 Å². The number of carboxylic acid groups (broad SMARTS) is 1. The molecule has 1 saturated heterocycles. The van der Waals surface area contributed by atoms with Crippen LogP contribution >= 0.6 is 7.82 Å². The lowest BCUT2D eigenvalue weighted by Gasteiger charge is -2.34. The highest BCUT2D eigenvalue weighted by Gasteiger charge is 2.32. The number of fused-ring (bicyclic) bond motifs is 1. The molecule has 0 aliphatic carbocycles. The van der Waals surface area contributed by atoms with E-state index in [1.807, 2.05) is 0 Å². The van der Waals surface area contributed by atoms with Crippen molar-refractivity contribution in [2.75, 3.05) is 26.2 Å². The minimum absolute atomic E-state index is 0. The number of carbonyl (C=O) groups excluding carboxylic acids is 4. The van der Waals surface area contributed by atoms with E-state index in [0.717, 1.165) is 47.3 Å². The molecule has 0 bridgehead atoms. The van der Waals surface area contributed by atoms with Crippen LogP contribution in [-0.2, 0) is 25.4 Å². The normalized spacial score (nSPS) is 14.6. The number of amides is 2. The fourth-order valence-corrected chi connectivity index (χ4v) is 5.40. The summed E-state index contributed by atoms with van der Waals surface area (Å²) in [5.74, 6) is -4.39. The number of aromatic nitrogens is 5. The van der Waals surface area contributed by atoms with Crippen molar-refractivity contribution in [1.82, 2.24) is 34.3 Å². The first-order chi connectivity index (χ1) is 23.3. The monoisotopic (exact) mass is 715 g/mol. The number of aliphatic carboxylic acids is 1. The molecule has 4 heterocycles. The van der Waals surface area contributed by atoms with Crippen LogP contribution in [0.4, 0.5) is 4.39 Å². The van der Waals surface area contributed by atoms with Gasteiger partial charge in [-0.1, -0.05) is 63.9 Å². The summed E-state index contributed by atoms with van der Waals surface area (Å²) in [4.78, 5) is 76.5. The van der Waals surface area contributed by atoms with Crippen molar-refractivity contribution in [1.29, 1.82) is 0 Å². The third-order valence-corrected chi connectivity index (χ3v) is 8.23. The van der Waals surface area contributed by atoms with Gasteiger partial charge in [-0.3, -0.25) is 23.5 Å². The van der Waals surface area contributed by atoms with Crippen LogP contribution in [0, 0.1) is 11.7 Å². The van der Waals surface area contributed by atoms with Gasteiger partial charge in [0, 0.05) is 43.9 Å². The molecule has 1 aliphatic heterocycles. The Hall–Kier alpha value is -4.83. The molecule has 1 unspecified atom stereocenters. The molecule has 1 N–H and O–H groups in total. The summed E-state index contributed by atoms with van der Waals surface area (Å²) in [7, 11) is -5.20. The van der Waals surface area contributed by atoms with E-state index >= 15 is 4.39 Å². The predicted octanol–water partition coefficient (Wildman–Crippen LogP) is 1.95. The lowest BCUT2D eigenvalue weighted by Crippen LogP contribution is -2.52. The maximum absolute atomic E-state index is 15.1. The number of phosphoric ester groups is 1. The van der Waals surface area contributed by atoms with Gasteiger partial charge in [0.25, 0.3) is 25.4 Å². The molecule has 1 fully saturated rings. The third-order valence-electron chi connectivity index (χ3n) is 7.79. The van der Waals surface area contributed by atoms with Crippen LogP contribution in [0.1, 0.15) is 67.7 Å². The van der Waals surface area contributed by atoms with Crippen LogP contribution in [0.15, 0.2) is 55.1 Å². The number of carboxylic acids is 1. The van der Waals surface area contributed by atoms with Gasteiger partial charge in [-0.15, -0.1) is 5.10 Å². The smallest absolute Gasteiger partial charge is 0.295 e. The summed E-state index contributed by atoms with van der Waals surface area (Å²) in [6, 6.07) is 8.64. The quantitative estimate of drug-likeness (QED) is 0.0964. The van der Waals surface area contributed by atoms with Crippen LogP contribution in [0.25, 0.3) is 16.7 Å². The number of hydrogen-bond acceptors (Lipinski definition) is 11. The minimum Gasteiger partial charge on any atom is -0.756 e. The first kappa shape index (κ1) is 39.6. The molecule has 0 saturated carbocycles.